The van der Waals surface area contributed by atoms with Gasteiger partial charge >= 0.3 is 0 Å². The first kappa shape index (κ1) is 13.0. The number of allylic oxidation sites excluding steroid dienone is 3. The summed E-state index contributed by atoms with van der Waals surface area (Å²) in [5.41, 5.74) is 1.92. The third-order valence-corrected chi connectivity index (χ3v) is 4.79. The van der Waals surface area contributed by atoms with Crippen molar-refractivity contribution in [2.45, 2.75) is 20.3 Å². The molecule has 1 saturated carbocycles. The first-order valence-electron chi connectivity index (χ1n) is 6.85. The van der Waals surface area contributed by atoms with Crippen molar-refractivity contribution in [2.24, 2.45) is 17.3 Å². The second kappa shape index (κ2) is 4.23. The normalized spacial score (nSPS) is 27.3. The molecule has 0 radical (unpaired) electrons. The summed E-state index contributed by atoms with van der Waals surface area (Å²) in [6.07, 6.45) is 6.52. The van der Waals surface area contributed by atoms with Gasteiger partial charge in [0.1, 0.15) is 0 Å². The molecular formula is C17H18O3. The van der Waals surface area contributed by atoms with Crippen LogP contribution in [0.3, 0.4) is 0 Å². The molecule has 2 bridgehead atoms. The summed E-state index contributed by atoms with van der Waals surface area (Å²) < 4.78 is 0. The van der Waals surface area contributed by atoms with Crippen LogP contribution in [-0.2, 0) is 4.79 Å². The van der Waals surface area contributed by atoms with Crippen LogP contribution in [0.4, 0.5) is 0 Å². The van der Waals surface area contributed by atoms with Gasteiger partial charge < -0.3 is 10.2 Å². The third-order valence-electron chi connectivity index (χ3n) is 4.79. The molecule has 2 N–H and O–H groups in total. The number of ketones is 1. The Morgan fingerprint density at radius 3 is 2.50 bits per heavy atom. The molecule has 1 aromatic carbocycles. The van der Waals surface area contributed by atoms with Crippen LogP contribution in [0.15, 0.2) is 35.9 Å². The van der Waals surface area contributed by atoms with Crippen molar-refractivity contribution >= 4 is 11.9 Å². The van der Waals surface area contributed by atoms with E-state index in [1.54, 1.807) is 12.1 Å². The smallest absolute Gasteiger partial charge is 0.159 e. The number of aromatic hydroxyl groups is 2. The van der Waals surface area contributed by atoms with Crippen molar-refractivity contribution in [3.63, 3.8) is 0 Å². The summed E-state index contributed by atoms with van der Waals surface area (Å²) in [5.74, 6) is 0.585. The summed E-state index contributed by atoms with van der Waals surface area (Å²) in [6, 6.07) is 4.69. The molecule has 104 valence electrons. The van der Waals surface area contributed by atoms with Gasteiger partial charge in [-0.2, -0.15) is 0 Å². The van der Waals surface area contributed by atoms with E-state index in [4.69, 9.17) is 0 Å². The molecule has 0 saturated heterocycles. The average molecular weight is 270 g/mol. The monoisotopic (exact) mass is 270 g/mol. The van der Waals surface area contributed by atoms with E-state index in [0.29, 0.717) is 5.92 Å². The number of benzene rings is 1. The second-order valence-electron chi connectivity index (χ2n) is 6.29. The topological polar surface area (TPSA) is 57.5 Å². The first-order valence-corrected chi connectivity index (χ1v) is 6.85. The Morgan fingerprint density at radius 1 is 1.15 bits per heavy atom. The van der Waals surface area contributed by atoms with Gasteiger partial charge in [0, 0.05) is 5.92 Å². The zero-order chi connectivity index (χ0) is 14.5. The maximum absolute atomic E-state index is 12.0. The van der Waals surface area contributed by atoms with Gasteiger partial charge in [-0.1, -0.05) is 32.1 Å². The number of hydrogen-bond donors (Lipinski definition) is 2. The van der Waals surface area contributed by atoms with Crippen LogP contribution in [-0.4, -0.2) is 16.0 Å². The van der Waals surface area contributed by atoms with Crippen molar-refractivity contribution in [3.05, 3.63) is 41.5 Å². The van der Waals surface area contributed by atoms with Crippen LogP contribution >= 0.6 is 0 Å². The van der Waals surface area contributed by atoms with Gasteiger partial charge in [0.05, 0.1) is 0 Å². The summed E-state index contributed by atoms with van der Waals surface area (Å²) >= 11 is 0. The Morgan fingerprint density at radius 2 is 1.90 bits per heavy atom. The van der Waals surface area contributed by atoms with Crippen LogP contribution in [0.25, 0.3) is 6.08 Å². The van der Waals surface area contributed by atoms with Crippen LogP contribution in [0.2, 0.25) is 0 Å². The predicted molar refractivity (Wildman–Crippen MR) is 77.3 cm³/mol. The molecule has 1 aromatic rings. The number of carbonyl (C=O) groups is 1. The minimum absolute atomic E-state index is 0.0581. The van der Waals surface area contributed by atoms with E-state index in [2.05, 4.69) is 13.8 Å². The molecule has 3 heteroatoms. The van der Waals surface area contributed by atoms with Gasteiger partial charge in [-0.25, -0.2) is 0 Å². The fourth-order valence-electron chi connectivity index (χ4n) is 3.34. The van der Waals surface area contributed by atoms with Crippen molar-refractivity contribution in [2.75, 3.05) is 0 Å². The molecule has 0 aromatic heterocycles. The molecule has 2 atom stereocenters. The van der Waals surface area contributed by atoms with Gasteiger partial charge in [-0.3, -0.25) is 4.79 Å². The molecule has 3 aliphatic rings. The van der Waals surface area contributed by atoms with Gasteiger partial charge in [-0.15, -0.1) is 0 Å². The highest BCUT2D eigenvalue weighted by atomic mass is 16.3. The van der Waals surface area contributed by atoms with Gasteiger partial charge in [0.2, 0.25) is 0 Å². The molecule has 0 aliphatic heterocycles. The third kappa shape index (κ3) is 1.85. The minimum Gasteiger partial charge on any atom is -0.504 e. The number of rotatable bonds is 2. The molecule has 3 aliphatic carbocycles. The Balaban J connectivity index is 1.86. The van der Waals surface area contributed by atoms with E-state index in [9.17, 15) is 15.0 Å². The molecule has 0 spiro atoms. The summed E-state index contributed by atoms with van der Waals surface area (Å²) in [4.78, 5) is 12.0. The van der Waals surface area contributed by atoms with E-state index in [1.165, 1.54) is 12.1 Å². The molecule has 0 amide bonds. The lowest BCUT2D eigenvalue weighted by Gasteiger charge is -2.54. The minimum atomic E-state index is -0.134. The van der Waals surface area contributed by atoms with Crippen LogP contribution < -0.4 is 0 Å². The highest BCUT2D eigenvalue weighted by molar-refractivity contribution is 5.96. The number of phenols is 2. The van der Waals surface area contributed by atoms with Gasteiger partial charge in [-0.05, 0) is 47.1 Å². The molecule has 1 fully saturated rings. The number of phenolic OH excluding ortho intramolecular Hbond substituents is 2. The second-order valence-corrected chi connectivity index (χ2v) is 6.29. The SMILES string of the molecule is CC1(C)[C@@H]2C[C@H]1C(/C=C/c1ccc(O)c(O)c1)=CC2=O. The van der Waals surface area contributed by atoms with Crippen molar-refractivity contribution in [1.82, 2.24) is 0 Å². The first-order chi connectivity index (χ1) is 9.39. The number of fused-ring (bicyclic) bond motifs is 1. The zero-order valence-electron chi connectivity index (χ0n) is 11.6. The quantitative estimate of drug-likeness (QED) is 0.811. The fourth-order valence-corrected chi connectivity index (χ4v) is 3.34. The van der Waals surface area contributed by atoms with Crippen LogP contribution in [0.1, 0.15) is 25.8 Å². The van der Waals surface area contributed by atoms with E-state index < -0.39 is 0 Å². The van der Waals surface area contributed by atoms with Gasteiger partial charge in [0.25, 0.3) is 0 Å². The molecular weight excluding hydrogens is 252 g/mol. The van der Waals surface area contributed by atoms with Crippen molar-refractivity contribution < 1.29 is 15.0 Å². The van der Waals surface area contributed by atoms with Crippen molar-refractivity contribution in [1.29, 1.82) is 0 Å². The maximum Gasteiger partial charge on any atom is 0.159 e. The Bertz CT molecular complexity index is 638. The fraction of sp³-hybridized carbons (Fsp3) is 0.353. The largest absolute Gasteiger partial charge is 0.504 e. The lowest BCUT2D eigenvalue weighted by molar-refractivity contribution is -0.133. The zero-order valence-corrected chi connectivity index (χ0v) is 11.6. The Labute approximate surface area is 118 Å². The maximum atomic E-state index is 12.0. The molecule has 0 unspecified atom stereocenters. The molecule has 0 heterocycles. The summed E-state index contributed by atoms with van der Waals surface area (Å²) in [6.45, 7) is 4.30. The van der Waals surface area contributed by atoms with Crippen LogP contribution in [0.5, 0.6) is 11.5 Å². The van der Waals surface area contributed by atoms with E-state index >= 15 is 0 Å². The molecule has 4 rings (SSSR count). The Kier molecular flexibility index (Phi) is 2.75. The summed E-state index contributed by atoms with van der Waals surface area (Å²) in [5, 5.41) is 18.8. The molecule has 20 heavy (non-hydrogen) atoms. The van der Waals surface area contributed by atoms with Crippen molar-refractivity contribution in [3.8, 4) is 11.5 Å². The lowest BCUT2D eigenvalue weighted by Crippen LogP contribution is -2.52. The lowest BCUT2D eigenvalue weighted by atomic mass is 9.48. The highest BCUT2D eigenvalue weighted by Gasteiger charge is 2.54. The average Bonchev–Trinajstić information content (AvgIpc) is 2.39. The predicted octanol–water partition coefficient (Wildman–Crippen LogP) is 3.28. The highest BCUT2D eigenvalue weighted by Crippen LogP contribution is 2.58. The van der Waals surface area contributed by atoms with Gasteiger partial charge in [0.15, 0.2) is 17.3 Å². The number of hydrogen-bond acceptors (Lipinski definition) is 3. The standard InChI is InChI=1S/C17H18O3/c1-17(2)12-9-13(17)15(19)8-11(12)5-3-10-4-6-14(18)16(20)7-10/h3-8,12-13,18,20H,9H2,1-2H3/b5-3+/t12-,13+/m0/s1. The van der Waals surface area contributed by atoms with Crippen LogP contribution in [0, 0.1) is 17.3 Å². The molecule has 3 nitrogen and oxygen atoms in total. The van der Waals surface area contributed by atoms with E-state index in [1.807, 2.05) is 12.2 Å². The summed E-state index contributed by atoms with van der Waals surface area (Å²) in [7, 11) is 0. The van der Waals surface area contributed by atoms with E-state index in [0.717, 1.165) is 17.6 Å². The van der Waals surface area contributed by atoms with E-state index in [-0.39, 0.29) is 28.6 Å². The Hall–Kier alpha value is -2.03. The number of carbonyl (C=O) groups excluding carboxylic acids is 1.